The van der Waals surface area contributed by atoms with Crippen LogP contribution in [0.25, 0.3) is 0 Å². The maximum atomic E-state index is 10.6. The monoisotopic (exact) mass is 190 g/mol. The summed E-state index contributed by atoms with van der Waals surface area (Å²) in [5.41, 5.74) is 4.31. The largest absolute Gasteiger partial charge is 0.371 e. The second-order valence-corrected chi connectivity index (χ2v) is 2.96. The average molecular weight is 190 g/mol. The Morgan fingerprint density at radius 2 is 2.21 bits per heavy atom. The van der Waals surface area contributed by atoms with Crippen molar-refractivity contribution in [3.63, 3.8) is 0 Å². The van der Waals surface area contributed by atoms with E-state index in [0.717, 1.165) is 0 Å². The highest BCUT2D eigenvalue weighted by Crippen LogP contribution is 2.21. The summed E-state index contributed by atoms with van der Waals surface area (Å²) in [5, 5.41) is 18.1. The molecule has 0 saturated carbocycles. The van der Waals surface area contributed by atoms with Crippen LogP contribution in [0.15, 0.2) is 24.3 Å². The van der Waals surface area contributed by atoms with E-state index < -0.39 is 5.72 Å². The minimum atomic E-state index is -1.76. The van der Waals surface area contributed by atoms with E-state index in [1.165, 1.54) is 12.1 Å². The molecule has 1 aromatic carbocycles. The van der Waals surface area contributed by atoms with Gasteiger partial charge in [-0.15, -0.1) is 0 Å². The van der Waals surface area contributed by atoms with Crippen molar-refractivity contribution in [3.05, 3.63) is 35.4 Å². The summed E-state index contributed by atoms with van der Waals surface area (Å²) < 4.78 is 0. The third kappa shape index (κ3) is 1.96. The molecule has 0 heterocycles. The zero-order valence-corrected chi connectivity index (χ0v) is 7.47. The van der Waals surface area contributed by atoms with E-state index in [0.29, 0.717) is 11.8 Å². The third-order valence-electron chi connectivity index (χ3n) is 1.90. The zero-order valence-electron chi connectivity index (χ0n) is 7.47. The van der Waals surface area contributed by atoms with Crippen LogP contribution in [0.2, 0.25) is 0 Å². The predicted octanol–water partition coefficient (Wildman–Crippen LogP) is 0.517. The topological polar surface area (TPSA) is 87.1 Å². The molecule has 0 saturated heterocycles. The Morgan fingerprint density at radius 3 is 2.79 bits per heavy atom. The number of aliphatic hydroxyl groups is 1. The minimum absolute atomic E-state index is 0.252. The maximum absolute atomic E-state index is 10.6. The van der Waals surface area contributed by atoms with Gasteiger partial charge in [-0.25, -0.2) is 0 Å². The molecule has 0 unspecified atom stereocenters. The predicted molar refractivity (Wildman–Crippen MR) is 50.1 cm³/mol. The van der Waals surface area contributed by atoms with Crippen molar-refractivity contribution < 1.29 is 9.90 Å². The molecule has 0 bridgehead atoms. The van der Waals surface area contributed by atoms with Gasteiger partial charge in [0.25, 0.3) is 0 Å². The number of carbonyl (C=O) groups excluding carboxylic acids is 1. The van der Waals surface area contributed by atoms with Crippen LogP contribution in [-0.2, 0) is 5.72 Å². The van der Waals surface area contributed by atoms with Gasteiger partial charge in [0.2, 0.25) is 0 Å². The van der Waals surface area contributed by atoms with Gasteiger partial charge in [0.15, 0.2) is 5.72 Å². The first-order chi connectivity index (χ1) is 6.61. The number of carbonyl (C=O) groups is 1. The molecule has 0 radical (unpaired) electrons. The quantitative estimate of drug-likeness (QED) is 0.537. The first-order valence-electron chi connectivity index (χ1n) is 4.04. The number of hydrogen-bond acceptors (Lipinski definition) is 4. The Bertz CT molecular complexity index is 380. The number of benzene rings is 1. The van der Waals surface area contributed by atoms with Gasteiger partial charge >= 0.3 is 0 Å². The average Bonchev–Trinajstić information content (AvgIpc) is 2.18. The molecule has 1 atom stereocenters. The molecule has 0 aliphatic rings. The van der Waals surface area contributed by atoms with Crippen molar-refractivity contribution in [2.24, 2.45) is 5.73 Å². The van der Waals surface area contributed by atoms with Gasteiger partial charge in [-0.1, -0.05) is 24.3 Å². The van der Waals surface area contributed by atoms with Gasteiger partial charge in [-0.05, 0) is 0 Å². The van der Waals surface area contributed by atoms with Crippen molar-refractivity contribution in [3.8, 4) is 6.07 Å². The molecule has 4 nitrogen and oxygen atoms in total. The van der Waals surface area contributed by atoms with Crippen LogP contribution >= 0.6 is 0 Å². The molecule has 0 fully saturated rings. The first-order valence-corrected chi connectivity index (χ1v) is 4.04. The SMILES string of the molecule is N#CC[C@@](N)(O)c1ccccc1C=O. The van der Waals surface area contributed by atoms with Crippen molar-refractivity contribution in [2.45, 2.75) is 12.1 Å². The Kier molecular flexibility index (Phi) is 2.97. The number of nitrogens with zero attached hydrogens (tertiary/aromatic N) is 1. The van der Waals surface area contributed by atoms with Crippen molar-refractivity contribution in [2.75, 3.05) is 0 Å². The Balaban J connectivity index is 3.18. The summed E-state index contributed by atoms with van der Waals surface area (Å²) in [7, 11) is 0. The Morgan fingerprint density at radius 1 is 1.57 bits per heavy atom. The van der Waals surface area contributed by atoms with E-state index in [1.807, 2.05) is 0 Å². The fourth-order valence-corrected chi connectivity index (χ4v) is 1.21. The number of aldehydes is 1. The highest BCUT2D eigenvalue weighted by molar-refractivity contribution is 5.77. The summed E-state index contributed by atoms with van der Waals surface area (Å²) in [5.74, 6) is 0. The number of hydrogen-bond donors (Lipinski definition) is 2. The molecule has 0 amide bonds. The highest BCUT2D eigenvalue weighted by Gasteiger charge is 2.25. The molecule has 0 aliphatic heterocycles. The van der Waals surface area contributed by atoms with Gasteiger partial charge in [0.1, 0.15) is 6.29 Å². The van der Waals surface area contributed by atoms with Crippen molar-refractivity contribution in [1.82, 2.24) is 0 Å². The van der Waals surface area contributed by atoms with E-state index >= 15 is 0 Å². The van der Waals surface area contributed by atoms with Crippen LogP contribution in [-0.4, -0.2) is 11.4 Å². The van der Waals surface area contributed by atoms with Crippen LogP contribution in [0.4, 0.5) is 0 Å². The minimum Gasteiger partial charge on any atom is -0.371 e. The number of nitriles is 1. The molecule has 0 aliphatic carbocycles. The van der Waals surface area contributed by atoms with E-state index in [9.17, 15) is 9.90 Å². The molecular weight excluding hydrogens is 180 g/mol. The van der Waals surface area contributed by atoms with Crippen LogP contribution < -0.4 is 5.73 Å². The van der Waals surface area contributed by atoms with Crippen molar-refractivity contribution >= 4 is 6.29 Å². The summed E-state index contributed by atoms with van der Waals surface area (Å²) in [6.45, 7) is 0. The number of rotatable bonds is 3. The smallest absolute Gasteiger partial charge is 0.153 e. The zero-order chi connectivity index (χ0) is 10.6. The summed E-state index contributed by atoms with van der Waals surface area (Å²) in [4.78, 5) is 10.6. The van der Waals surface area contributed by atoms with E-state index in [-0.39, 0.29) is 12.0 Å². The summed E-state index contributed by atoms with van der Waals surface area (Å²) >= 11 is 0. The maximum Gasteiger partial charge on any atom is 0.153 e. The summed E-state index contributed by atoms with van der Waals surface area (Å²) in [6, 6.07) is 8.15. The molecular formula is C10H10N2O2. The molecule has 14 heavy (non-hydrogen) atoms. The molecule has 1 aromatic rings. The highest BCUT2D eigenvalue weighted by atomic mass is 16.3. The fraction of sp³-hybridized carbons (Fsp3) is 0.200. The van der Waals surface area contributed by atoms with Crippen LogP contribution in [0.5, 0.6) is 0 Å². The molecule has 0 aromatic heterocycles. The standard InChI is InChI=1S/C10H10N2O2/c11-6-5-10(12,14)9-4-2-1-3-8(9)7-13/h1-4,7,14H,5,12H2/t10-/m1/s1. The van der Waals surface area contributed by atoms with Crippen molar-refractivity contribution in [1.29, 1.82) is 5.26 Å². The Hall–Kier alpha value is -1.70. The molecule has 72 valence electrons. The van der Waals surface area contributed by atoms with Gasteiger partial charge in [-0.2, -0.15) is 5.26 Å². The molecule has 0 spiro atoms. The van der Waals surface area contributed by atoms with Gasteiger partial charge in [0, 0.05) is 11.1 Å². The Labute approximate surface area is 81.6 Å². The van der Waals surface area contributed by atoms with Gasteiger partial charge in [-0.3, -0.25) is 10.5 Å². The van der Waals surface area contributed by atoms with Crippen LogP contribution in [0.3, 0.4) is 0 Å². The van der Waals surface area contributed by atoms with Gasteiger partial charge < -0.3 is 5.11 Å². The number of nitrogens with two attached hydrogens (primary N) is 1. The normalized spacial score (nSPS) is 14.1. The van der Waals surface area contributed by atoms with E-state index in [1.54, 1.807) is 18.2 Å². The van der Waals surface area contributed by atoms with Crippen LogP contribution in [0, 0.1) is 11.3 Å². The van der Waals surface area contributed by atoms with Gasteiger partial charge in [0.05, 0.1) is 12.5 Å². The van der Waals surface area contributed by atoms with E-state index in [2.05, 4.69) is 0 Å². The first kappa shape index (κ1) is 10.4. The van der Waals surface area contributed by atoms with E-state index in [4.69, 9.17) is 11.0 Å². The second-order valence-electron chi connectivity index (χ2n) is 2.96. The lowest BCUT2D eigenvalue weighted by atomic mass is 9.96. The lowest BCUT2D eigenvalue weighted by Gasteiger charge is -2.21. The summed E-state index contributed by atoms with van der Waals surface area (Å²) in [6.07, 6.45) is 0.350. The van der Waals surface area contributed by atoms with Crippen LogP contribution in [0.1, 0.15) is 22.3 Å². The lowest BCUT2D eigenvalue weighted by Crippen LogP contribution is -2.36. The lowest BCUT2D eigenvalue weighted by molar-refractivity contribution is 0.0477. The molecule has 4 heteroatoms. The second kappa shape index (κ2) is 4.01. The fourth-order valence-electron chi connectivity index (χ4n) is 1.21. The third-order valence-corrected chi connectivity index (χ3v) is 1.90. The molecule has 3 N–H and O–H groups in total. The molecule has 1 rings (SSSR count).